The number of hydrogen-bond donors (Lipinski definition) is 0. The van der Waals surface area contributed by atoms with E-state index >= 15 is 0 Å². The molecule has 1 aromatic carbocycles. The standard InChI is InChI=1S/C21H25N5O3/c1-13-6-5-7-17(10-13)25-9-8-24(11-14(25)2)18(27)12-26-21(28)20-19(15(3)22-26)16(4)29-23-20/h5-7,10,14H,8-9,11-12H2,1-4H3/t14-/m1/s1. The number of anilines is 1. The molecule has 0 unspecified atom stereocenters. The van der Waals surface area contributed by atoms with E-state index in [1.165, 1.54) is 15.9 Å². The first kappa shape index (κ1) is 19.2. The van der Waals surface area contributed by atoms with Gasteiger partial charge in [0.15, 0.2) is 5.52 Å². The molecule has 8 nitrogen and oxygen atoms in total. The van der Waals surface area contributed by atoms with Crippen molar-refractivity contribution in [1.82, 2.24) is 19.8 Å². The number of aromatic nitrogens is 3. The Morgan fingerprint density at radius 3 is 2.76 bits per heavy atom. The maximum Gasteiger partial charge on any atom is 0.297 e. The molecule has 1 aliphatic heterocycles. The van der Waals surface area contributed by atoms with Crippen LogP contribution < -0.4 is 10.5 Å². The Hall–Kier alpha value is -3.16. The predicted molar refractivity (Wildman–Crippen MR) is 110 cm³/mol. The molecular formula is C21H25N5O3. The van der Waals surface area contributed by atoms with Gasteiger partial charge in [0, 0.05) is 31.4 Å². The number of nitrogens with zero attached hydrogens (tertiary/aromatic N) is 5. The van der Waals surface area contributed by atoms with Gasteiger partial charge in [-0.05, 0) is 45.4 Å². The number of amides is 1. The fourth-order valence-corrected chi connectivity index (χ4v) is 4.05. The molecule has 3 aromatic rings. The van der Waals surface area contributed by atoms with Crippen molar-refractivity contribution in [3.05, 3.63) is 51.6 Å². The van der Waals surface area contributed by atoms with Crippen LogP contribution >= 0.6 is 0 Å². The van der Waals surface area contributed by atoms with Gasteiger partial charge in [-0.1, -0.05) is 17.3 Å². The summed E-state index contributed by atoms with van der Waals surface area (Å²) in [5, 5.41) is 8.77. The first-order valence-electron chi connectivity index (χ1n) is 9.80. The Balaban J connectivity index is 1.50. The van der Waals surface area contributed by atoms with Crippen molar-refractivity contribution < 1.29 is 9.32 Å². The second-order valence-electron chi connectivity index (χ2n) is 7.73. The summed E-state index contributed by atoms with van der Waals surface area (Å²) in [5.74, 6) is 0.441. The quantitative estimate of drug-likeness (QED) is 0.675. The third-order valence-electron chi connectivity index (χ3n) is 5.53. The Labute approximate surface area is 168 Å². The lowest BCUT2D eigenvalue weighted by molar-refractivity contribution is -0.132. The van der Waals surface area contributed by atoms with E-state index in [4.69, 9.17) is 4.52 Å². The Morgan fingerprint density at radius 1 is 1.24 bits per heavy atom. The zero-order chi connectivity index (χ0) is 20.7. The maximum absolute atomic E-state index is 12.9. The van der Waals surface area contributed by atoms with Gasteiger partial charge in [-0.2, -0.15) is 5.10 Å². The molecule has 3 heterocycles. The molecular weight excluding hydrogens is 370 g/mol. The molecule has 0 bridgehead atoms. The Bertz CT molecular complexity index is 1130. The van der Waals surface area contributed by atoms with E-state index in [9.17, 15) is 9.59 Å². The van der Waals surface area contributed by atoms with Crippen LogP contribution in [-0.2, 0) is 11.3 Å². The van der Waals surface area contributed by atoms with Crippen LogP contribution in [0.5, 0.6) is 0 Å². The highest BCUT2D eigenvalue weighted by Crippen LogP contribution is 2.22. The van der Waals surface area contributed by atoms with E-state index in [0.29, 0.717) is 29.9 Å². The summed E-state index contributed by atoms with van der Waals surface area (Å²) in [4.78, 5) is 29.6. The molecule has 1 amide bonds. The van der Waals surface area contributed by atoms with Crippen molar-refractivity contribution in [3.63, 3.8) is 0 Å². The summed E-state index contributed by atoms with van der Waals surface area (Å²) >= 11 is 0. The van der Waals surface area contributed by atoms with Crippen LogP contribution in [0.4, 0.5) is 5.69 Å². The normalized spacial score (nSPS) is 17.2. The summed E-state index contributed by atoms with van der Waals surface area (Å²) in [6.45, 7) is 9.58. The first-order chi connectivity index (χ1) is 13.8. The smallest absolute Gasteiger partial charge is 0.297 e. The van der Waals surface area contributed by atoms with Crippen molar-refractivity contribution in [2.24, 2.45) is 0 Å². The first-order valence-corrected chi connectivity index (χ1v) is 9.80. The molecule has 1 saturated heterocycles. The molecule has 4 rings (SSSR count). The lowest BCUT2D eigenvalue weighted by Crippen LogP contribution is -2.54. The summed E-state index contributed by atoms with van der Waals surface area (Å²) in [5.41, 5.74) is 2.84. The second-order valence-corrected chi connectivity index (χ2v) is 7.73. The average molecular weight is 395 g/mol. The highest BCUT2D eigenvalue weighted by atomic mass is 16.5. The minimum atomic E-state index is -0.401. The highest BCUT2D eigenvalue weighted by molar-refractivity contribution is 5.82. The minimum Gasteiger partial charge on any atom is -0.365 e. The molecule has 0 saturated carbocycles. The van der Waals surface area contributed by atoms with Crippen LogP contribution in [0.3, 0.4) is 0 Å². The molecule has 152 valence electrons. The molecule has 0 aliphatic carbocycles. The van der Waals surface area contributed by atoms with Crippen molar-refractivity contribution in [1.29, 1.82) is 0 Å². The van der Waals surface area contributed by atoms with Crippen LogP contribution in [-0.4, -0.2) is 51.4 Å². The van der Waals surface area contributed by atoms with Crippen molar-refractivity contribution in [2.45, 2.75) is 40.3 Å². The van der Waals surface area contributed by atoms with Crippen LogP contribution in [0.25, 0.3) is 10.9 Å². The number of rotatable bonds is 3. The lowest BCUT2D eigenvalue weighted by atomic mass is 10.1. The van der Waals surface area contributed by atoms with Crippen LogP contribution in [0.15, 0.2) is 33.6 Å². The van der Waals surface area contributed by atoms with E-state index in [2.05, 4.69) is 53.3 Å². The zero-order valence-electron chi connectivity index (χ0n) is 17.2. The fraction of sp³-hybridized carbons (Fsp3) is 0.429. The predicted octanol–water partition coefficient (Wildman–Crippen LogP) is 2.05. The van der Waals surface area contributed by atoms with E-state index in [0.717, 1.165) is 6.54 Å². The van der Waals surface area contributed by atoms with Crippen molar-refractivity contribution in [2.75, 3.05) is 24.5 Å². The number of fused-ring (bicyclic) bond motifs is 1. The maximum atomic E-state index is 12.9. The van der Waals surface area contributed by atoms with Gasteiger partial charge in [-0.3, -0.25) is 9.59 Å². The highest BCUT2D eigenvalue weighted by Gasteiger charge is 2.28. The molecule has 0 radical (unpaired) electrons. The van der Waals surface area contributed by atoms with Gasteiger partial charge in [-0.25, -0.2) is 4.68 Å². The number of benzene rings is 1. The van der Waals surface area contributed by atoms with E-state index in [1.807, 2.05) is 0 Å². The molecule has 0 spiro atoms. The van der Waals surface area contributed by atoms with Crippen LogP contribution in [0, 0.1) is 20.8 Å². The molecule has 1 aliphatic rings. The fourth-order valence-electron chi connectivity index (χ4n) is 4.05. The van der Waals surface area contributed by atoms with Crippen LogP contribution in [0.2, 0.25) is 0 Å². The summed E-state index contributed by atoms with van der Waals surface area (Å²) in [7, 11) is 0. The number of carbonyl (C=O) groups is 1. The summed E-state index contributed by atoms with van der Waals surface area (Å²) in [6, 6.07) is 8.57. The van der Waals surface area contributed by atoms with Crippen molar-refractivity contribution in [3.8, 4) is 0 Å². The van der Waals surface area contributed by atoms with Crippen molar-refractivity contribution >= 4 is 22.5 Å². The second kappa shape index (κ2) is 7.35. The van der Waals surface area contributed by atoms with E-state index < -0.39 is 5.56 Å². The third-order valence-corrected chi connectivity index (χ3v) is 5.53. The van der Waals surface area contributed by atoms with Crippen LogP contribution in [0.1, 0.15) is 23.9 Å². The van der Waals surface area contributed by atoms with Gasteiger partial charge in [0.05, 0.1) is 11.1 Å². The van der Waals surface area contributed by atoms with E-state index in [-0.39, 0.29) is 24.0 Å². The topological polar surface area (TPSA) is 84.5 Å². The monoisotopic (exact) mass is 395 g/mol. The molecule has 1 atom stereocenters. The molecule has 8 heteroatoms. The van der Waals surface area contributed by atoms with Gasteiger partial charge < -0.3 is 14.3 Å². The van der Waals surface area contributed by atoms with Gasteiger partial charge in [0.1, 0.15) is 12.3 Å². The zero-order valence-corrected chi connectivity index (χ0v) is 17.2. The molecule has 29 heavy (non-hydrogen) atoms. The third kappa shape index (κ3) is 3.50. The minimum absolute atomic E-state index is 0.0985. The lowest BCUT2D eigenvalue weighted by Gasteiger charge is -2.41. The number of aryl methyl sites for hydroxylation is 3. The SMILES string of the molecule is Cc1cccc(N2CCN(C(=O)Cn3nc(C)c4c(C)onc4c3=O)C[C@H]2C)c1. The number of hydrogen-bond acceptors (Lipinski definition) is 6. The average Bonchev–Trinajstić information content (AvgIpc) is 3.08. The Morgan fingerprint density at radius 2 is 2.03 bits per heavy atom. The number of piperazine rings is 1. The van der Waals surface area contributed by atoms with Gasteiger partial charge in [0.25, 0.3) is 5.56 Å². The largest absolute Gasteiger partial charge is 0.365 e. The Kier molecular flexibility index (Phi) is 4.86. The van der Waals surface area contributed by atoms with Gasteiger partial charge in [-0.15, -0.1) is 0 Å². The molecule has 1 fully saturated rings. The number of carbonyl (C=O) groups excluding carboxylic acids is 1. The summed E-state index contributed by atoms with van der Waals surface area (Å²) in [6.07, 6.45) is 0. The van der Waals surface area contributed by atoms with Gasteiger partial charge >= 0.3 is 0 Å². The van der Waals surface area contributed by atoms with E-state index in [1.54, 1.807) is 18.7 Å². The van der Waals surface area contributed by atoms with Gasteiger partial charge in [0.2, 0.25) is 5.91 Å². The molecule has 0 N–H and O–H groups in total. The summed E-state index contributed by atoms with van der Waals surface area (Å²) < 4.78 is 6.32. The molecule has 2 aromatic heterocycles.